The zero-order valence-electron chi connectivity index (χ0n) is 12.6. The lowest BCUT2D eigenvalue weighted by molar-refractivity contribution is -0.122. The van der Waals surface area contributed by atoms with Gasteiger partial charge in [-0.1, -0.05) is 24.3 Å². The highest BCUT2D eigenvalue weighted by atomic mass is 32.2. The predicted octanol–water partition coefficient (Wildman–Crippen LogP) is 1.36. The average Bonchev–Trinajstić information content (AvgIpc) is 2.82. The number of aromatic hydroxyl groups is 1. The van der Waals surface area contributed by atoms with Gasteiger partial charge in [-0.05, 0) is 35.4 Å². The summed E-state index contributed by atoms with van der Waals surface area (Å²) in [6.45, 7) is 0. The molecule has 2 N–H and O–H groups in total. The molecule has 0 fully saturated rings. The van der Waals surface area contributed by atoms with Crippen LogP contribution in [0.2, 0.25) is 0 Å². The van der Waals surface area contributed by atoms with Crippen LogP contribution in [0.3, 0.4) is 0 Å². The first-order chi connectivity index (χ1) is 11.3. The molecule has 0 spiro atoms. The molecular weight excluding hydrogens is 330 g/mol. The Balaban J connectivity index is 2.16. The molecule has 0 aliphatic carbocycles. The van der Waals surface area contributed by atoms with Gasteiger partial charge in [0.2, 0.25) is 0 Å². The van der Waals surface area contributed by atoms with E-state index >= 15 is 0 Å². The Hall–Kier alpha value is -2.93. The molecule has 6 nitrogen and oxygen atoms in total. The number of phenols is 1. The Bertz CT molecular complexity index is 971. The lowest BCUT2D eigenvalue weighted by Gasteiger charge is -2.06. The lowest BCUT2D eigenvalue weighted by atomic mass is 9.96. The van der Waals surface area contributed by atoms with E-state index in [4.69, 9.17) is 0 Å². The molecule has 0 saturated heterocycles. The monoisotopic (exact) mass is 343 g/mol. The van der Waals surface area contributed by atoms with Crippen LogP contribution >= 0.6 is 0 Å². The Morgan fingerprint density at radius 2 is 1.21 bits per heavy atom. The smallest absolute Gasteiger partial charge is 0.259 e. The molecule has 0 saturated carbocycles. The molecule has 0 atom stereocenters. The summed E-state index contributed by atoms with van der Waals surface area (Å²) >= 11 is 0. The van der Waals surface area contributed by atoms with E-state index in [0.717, 1.165) is 6.26 Å². The highest BCUT2D eigenvalue weighted by molar-refractivity contribution is 7.90. The van der Waals surface area contributed by atoms with Crippen molar-refractivity contribution in [3.05, 3.63) is 59.7 Å². The molecule has 0 radical (unpaired) electrons. The maximum atomic E-state index is 12.2. The van der Waals surface area contributed by atoms with Crippen molar-refractivity contribution < 1.29 is 23.1 Å². The number of hydrogen-bond acceptors (Lipinski definition) is 5. The van der Waals surface area contributed by atoms with E-state index in [1.807, 2.05) is 0 Å². The quantitative estimate of drug-likeness (QED) is 0.820. The van der Waals surface area contributed by atoms with Gasteiger partial charge in [-0.25, -0.2) is 8.42 Å². The van der Waals surface area contributed by atoms with Crippen LogP contribution in [0.1, 0.15) is 11.1 Å². The largest absolute Gasteiger partial charge is 0.508 e. The van der Waals surface area contributed by atoms with E-state index in [1.54, 1.807) is 0 Å². The molecule has 1 aliphatic rings. The molecule has 2 aromatic carbocycles. The molecular formula is C17H13NO5S. The van der Waals surface area contributed by atoms with Crippen LogP contribution in [0.5, 0.6) is 5.75 Å². The minimum Gasteiger partial charge on any atom is -0.508 e. The number of carbonyl (C=O) groups is 2. The first kappa shape index (κ1) is 15.9. The van der Waals surface area contributed by atoms with Crippen molar-refractivity contribution in [1.29, 1.82) is 0 Å². The van der Waals surface area contributed by atoms with Crippen molar-refractivity contribution in [2.24, 2.45) is 0 Å². The summed E-state index contributed by atoms with van der Waals surface area (Å²) in [5, 5.41) is 11.6. The van der Waals surface area contributed by atoms with Crippen molar-refractivity contribution in [3.63, 3.8) is 0 Å². The fourth-order valence-electron chi connectivity index (χ4n) is 2.50. The summed E-state index contributed by atoms with van der Waals surface area (Å²) in [6, 6.07) is 11.7. The van der Waals surface area contributed by atoms with E-state index < -0.39 is 21.7 Å². The minimum atomic E-state index is -3.35. The standard InChI is InChI=1S/C17H13NO5S/c1-24(22,23)13-8-4-11(5-9-13)15-14(16(20)18-17(15)21)10-2-6-12(19)7-3-10/h2-9,19H,1H3,(H,18,20,21). The normalized spacial score (nSPS) is 14.9. The third kappa shape index (κ3) is 2.81. The third-order valence-corrected chi connectivity index (χ3v) is 4.79. The van der Waals surface area contributed by atoms with Crippen LogP contribution in [-0.4, -0.2) is 31.6 Å². The molecule has 122 valence electrons. The summed E-state index contributed by atoms with van der Waals surface area (Å²) in [5.41, 5.74) is 1.28. The van der Waals surface area contributed by atoms with E-state index in [2.05, 4.69) is 5.32 Å². The maximum absolute atomic E-state index is 12.2. The molecule has 2 amide bonds. The van der Waals surface area contributed by atoms with Crippen molar-refractivity contribution in [2.45, 2.75) is 4.90 Å². The lowest BCUT2D eigenvalue weighted by Crippen LogP contribution is -2.22. The Morgan fingerprint density at radius 1 is 0.792 bits per heavy atom. The van der Waals surface area contributed by atoms with Crippen molar-refractivity contribution in [1.82, 2.24) is 5.32 Å². The van der Waals surface area contributed by atoms with Crippen molar-refractivity contribution >= 4 is 32.8 Å². The number of amides is 2. The number of nitrogens with one attached hydrogen (secondary N) is 1. The Morgan fingerprint density at radius 3 is 1.62 bits per heavy atom. The molecule has 7 heteroatoms. The van der Waals surface area contributed by atoms with Gasteiger partial charge in [0.25, 0.3) is 11.8 Å². The van der Waals surface area contributed by atoms with Crippen LogP contribution in [0.4, 0.5) is 0 Å². The zero-order chi connectivity index (χ0) is 17.5. The summed E-state index contributed by atoms with van der Waals surface area (Å²) in [5.74, 6) is -1.04. The average molecular weight is 343 g/mol. The van der Waals surface area contributed by atoms with Gasteiger partial charge in [0.1, 0.15) is 5.75 Å². The van der Waals surface area contributed by atoms with E-state index in [1.165, 1.54) is 48.5 Å². The Labute approximate surface area is 138 Å². The van der Waals surface area contributed by atoms with Gasteiger partial charge in [-0.15, -0.1) is 0 Å². The molecule has 24 heavy (non-hydrogen) atoms. The Kier molecular flexibility index (Phi) is 3.73. The van der Waals surface area contributed by atoms with Gasteiger partial charge in [-0.2, -0.15) is 0 Å². The summed E-state index contributed by atoms with van der Waals surface area (Å²) in [6.07, 6.45) is 1.09. The summed E-state index contributed by atoms with van der Waals surface area (Å²) in [4.78, 5) is 24.4. The fraction of sp³-hybridized carbons (Fsp3) is 0.0588. The topological polar surface area (TPSA) is 101 Å². The summed E-state index contributed by atoms with van der Waals surface area (Å²) < 4.78 is 23.1. The van der Waals surface area contributed by atoms with Gasteiger partial charge < -0.3 is 5.11 Å². The van der Waals surface area contributed by atoms with Crippen LogP contribution in [-0.2, 0) is 19.4 Å². The zero-order valence-corrected chi connectivity index (χ0v) is 13.4. The van der Waals surface area contributed by atoms with Crippen LogP contribution in [0, 0.1) is 0 Å². The van der Waals surface area contributed by atoms with E-state index in [9.17, 15) is 23.1 Å². The maximum Gasteiger partial charge on any atom is 0.259 e. The van der Waals surface area contributed by atoms with Crippen LogP contribution in [0.25, 0.3) is 11.1 Å². The molecule has 1 heterocycles. The second-order valence-electron chi connectivity index (χ2n) is 5.38. The van der Waals surface area contributed by atoms with E-state index in [-0.39, 0.29) is 21.8 Å². The van der Waals surface area contributed by atoms with Crippen molar-refractivity contribution in [3.8, 4) is 5.75 Å². The van der Waals surface area contributed by atoms with Gasteiger partial charge in [0, 0.05) is 6.26 Å². The number of sulfone groups is 1. The van der Waals surface area contributed by atoms with Gasteiger partial charge in [0.15, 0.2) is 9.84 Å². The second kappa shape index (κ2) is 5.61. The van der Waals surface area contributed by atoms with Crippen molar-refractivity contribution in [2.75, 3.05) is 6.26 Å². The number of hydrogen-bond donors (Lipinski definition) is 2. The van der Waals surface area contributed by atoms with Gasteiger partial charge in [0.05, 0.1) is 16.0 Å². The molecule has 0 bridgehead atoms. The predicted molar refractivity (Wildman–Crippen MR) is 87.6 cm³/mol. The molecule has 2 aromatic rings. The van der Waals surface area contributed by atoms with Gasteiger partial charge >= 0.3 is 0 Å². The minimum absolute atomic E-state index is 0.0446. The molecule has 1 aliphatic heterocycles. The highest BCUT2D eigenvalue weighted by Gasteiger charge is 2.32. The number of carbonyl (C=O) groups excluding carboxylic acids is 2. The molecule has 0 aromatic heterocycles. The number of rotatable bonds is 3. The van der Waals surface area contributed by atoms with Gasteiger partial charge in [-0.3, -0.25) is 14.9 Å². The number of benzene rings is 2. The third-order valence-electron chi connectivity index (χ3n) is 3.66. The van der Waals surface area contributed by atoms with Crippen LogP contribution in [0.15, 0.2) is 53.4 Å². The molecule has 0 unspecified atom stereocenters. The molecule has 3 rings (SSSR count). The number of imide groups is 1. The fourth-order valence-corrected chi connectivity index (χ4v) is 3.13. The summed E-state index contributed by atoms with van der Waals surface area (Å²) in [7, 11) is -3.35. The number of phenolic OH excluding ortho intramolecular Hbond substituents is 1. The first-order valence-corrected chi connectivity index (χ1v) is 8.86. The highest BCUT2D eigenvalue weighted by Crippen LogP contribution is 2.32. The van der Waals surface area contributed by atoms with E-state index in [0.29, 0.717) is 11.1 Å². The SMILES string of the molecule is CS(=O)(=O)c1ccc(C2=C(c3ccc(O)cc3)C(=O)NC2=O)cc1. The second-order valence-corrected chi connectivity index (χ2v) is 7.39. The first-order valence-electron chi connectivity index (χ1n) is 6.97. The van der Waals surface area contributed by atoms with Crippen LogP contribution < -0.4 is 5.32 Å².